The van der Waals surface area contributed by atoms with Crippen molar-refractivity contribution in [3.05, 3.63) is 57.5 Å². The topological polar surface area (TPSA) is 54.1 Å². The number of methoxy groups -OCH3 is 1. The fraction of sp³-hybridized carbons (Fsp3) is 0.353. The molecule has 4 heteroatoms. The number of aromatic amines is 1. The highest BCUT2D eigenvalue weighted by atomic mass is 16.5. The third-order valence-corrected chi connectivity index (χ3v) is 4.10. The van der Waals surface area contributed by atoms with Crippen molar-refractivity contribution in [1.82, 2.24) is 4.98 Å². The summed E-state index contributed by atoms with van der Waals surface area (Å²) in [6.07, 6.45) is 3.11. The van der Waals surface area contributed by atoms with E-state index < -0.39 is 0 Å². The van der Waals surface area contributed by atoms with Gasteiger partial charge in [-0.2, -0.15) is 0 Å². The van der Waals surface area contributed by atoms with Gasteiger partial charge in [0.25, 0.3) is 0 Å². The zero-order chi connectivity index (χ0) is 14.8. The molecular weight excluding hydrogens is 264 g/mol. The molecule has 1 heterocycles. The van der Waals surface area contributed by atoms with E-state index in [0.29, 0.717) is 0 Å². The Morgan fingerprint density at radius 1 is 1.29 bits per heavy atom. The minimum absolute atomic E-state index is 0.0185. The summed E-state index contributed by atoms with van der Waals surface area (Å²) in [6.45, 7) is 2.07. The molecule has 0 amide bonds. The first-order valence-electron chi connectivity index (χ1n) is 7.30. The van der Waals surface area contributed by atoms with Crippen LogP contribution in [-0.4, -0.2) is 12.1 Å². The van der Waals surface area contributed by atoms with Crippen molar-refractivity contribution in [1.29, 1.82) is 0 Å². The molecule has 1 atom stereocenters. The van der Waals surface area contributed by atoms with E-state index in [0.717, 1.165) is 42.0 Å². The molecule has 3 rings (SSSR count). The van der Waals surface area contributed by atoms with E-state index in [1.807, 2.05) is 24.3 Å². The van der Waals surface area contributed by atoms with Gasteiger partial charge < -0.3 is 15.0 Å². The first-order valence-corrected chi connectivity index (χ1v) is 7.30. The highest BCUT2D eigenvalue weighted by Gasteiger charge is 2.21. The van der Waals surface area contributed by atoms with Gasteiger partial charge in [-0.3, -0.25) is 4.79 Å². The highest BCUT2D eigenvalue weighted by Crippen LogP contribution is 2.32. The molecule has 110 valence electrons. The Balaban J connectivity index is 1.88. The summed E-state index contributed by atoms with van der Waals surface area (Å²) < 4.78 is 5.24. The summed E-state index contributed by atoms with van der Waals surface area (Å²) in [5, 5.41) is 3.60. The fourth-order valence-corrected chi connectivity index (χ4v) is 2.96. The van der Waals surface area contributed by atoms with Gasteiger partial charge in [-0.1, -0.05) is 0 Å². The van der Waals surface area contributed by atoms with E-state index in [-0.39, 0.29) is 11.6 Å². The number of anilines is 1. The number of benzene rings is 1. The zero-order valence-electron chi connectivity index (χ0n) is 12.4. The van der Waals surface area contributed by atoms with Gasteiger partial charge in [0.1, 0.15) is 5.75 Å². The highest BCUT2D eigenvalue weighted by molar-refractivity contribution is 5.55. The lowest BCUT2D eigenvalue weighted by atomic mass is 9.91. The van der Waals surface area contributed by atoms with E-state index in [2.05, 4.69) is 17.2 Å². The van der Waals surface area contributed by atoms with Crippen LogP contribution in [0.2, 0.25) is 0 Å². The van der Waals surface area contributed by atoms with E-state index in [4.69, 9.17) is 4.74 Å². The lowest BCUT2D eigenvalue weighted by Crippen LogP contribution is -2.21. The maximum Gasteiger partial charge on any atom is 0.248 e. The number of hydrogen-bond donors (Lipinski definition) is 2. The normalized spacial score (nSPS) is 17.1. The van der Waals surface area contributed by atoms with Crippen molar-refractivity contribution in [2.24, 2.45) is 0 Å². The van der Waals surface area contributed by atoms with Gasteiger partial charge in [-0.05, 0) is 61.6 Å². The minimum Gasteiger partial charge on any atom is -0.497 e. The SMILES string of the molecule is COc1ccc(NC2CCCc3[nH]c(=O)ccc32)c(C)c1. The predicted molar refractivity (Wildman–Crippen MR) is 84.1 cm³/mol. The molecule has 0 bridgehead atoms. The Hall–Kier alpha value is -2.23. The largest absolute Gasteiger partial charge is 0.497 e. The monoisotopic (exact) mass is 284 g/mol. The summed E-state index contributed by atoms with van der Waals surface area (Å²) in [4.78, 5) is 14.4. The molecule has 0 spiro atoms. The number of aryl methyl sites for hydroxylation is 2. The molecule has 2 aromatic rings. The summed E-state index contributed by atoms with van der Waals surface area (Å²) in [5.41, 5.74) is 4.52. The van der Waals surface area contributed by atoms with Gasteiger partial charge in [-0.25, -0.2) is 0 Å². The molecule has 0 aliphatic heterocycles. The quantitative estimate of drug-likeness (QED) is 0.910. The van der Waals surface area contributed by atoms with Crippen LogP contribution in [0.3, 0.4) is 0 Å². The molecule has 1 aliphatic carbocycles. The van der Waals surface area contributed by atoms with E-state index in [1.165, 1.54) is 5.56 Å². The zero-order valence-corrected chi connectivity index (χ0v) is 12.4. The number of H-pyrrole nitrogens is 1. The van der Waals surface area contributed by atoms with Crippen LogP contribution in [-0.2, 0) is 6.42 Å². The lowest BCUT2D eigenvalue weighted by molar-refractivity contribution is 0.414. The number of rotatable bonds is 3. The molecule has 2 N–H and O–H groups in total. The molecule has 4 nitrogen and oxygen atoms in total. The van der Waals surface area contributed by atoms with Crippen molar-refractivity contribution < 1.29 is 4.74 Å². The number of fused-ring (bicyclic) bond motifs is 1. The second kappa shape index (κ2) is 5.64. The number of ether oxygens (including phenoxy) is 1. The molecule has 21 heavy (non-hydrogen) atoms. The van der Waals surface area contributed by atoms with Crippen LogP contribution in [0.25, 0.3) is 0 Å². The average molecular weight is 284 g/mol. The smallest absolute Gasteiger partial charge is 0.248 e. The third-order valence-electron chi connectivity index (χ3n) is 4.10. The van der Waals surface area contributed by atoms with Crippen LogP contribution in [0.5, 0.6) is 5.75 Å². The second-order valence-corrected chi connectivity index (χ2v) is 5.53. The predicted octanol–water partition coefficient (Wildman–Crippen LogP) is 3.18. The van der Waals surface area contributed by atoms with Gasteiger partial charge in [0.2, 0.25) is 5.56 Å². The van der Waals surface area contributed by atoms with Crippen molar-refractivity contribution in [2.45, 2.75) is 32.2 Å². The van der Waals surface area contributed by atoms with Crippen molar-refractivity contribution in [3.63, 3.8) is 0 Å². The Bertz CT molecular complexity index is 706. The van der Waals surface area contributed by atoms with Crippen LogP contribution in [0.15, 0.2) is 35.1 Å². The van der Waals surface area contributed by atoms with E-state index >= 15 is 0 Å². The van der Waals surface area contributed by atoms with Crippen molar-refractivity contribution in [2.75, 3.05) is 12.4 Å². The number of nitrogens with one attached hydrogen (secondary N) is 2. The standard InChI is InChI=1S/C17H20N2O2/c1-11-10-12(21-2)6-8-14(11)18-15-4-3-5-16-13(15)7-9-17(20)19-16/h6-10,15,18H,3-5H2,1-2H3,(H,19,20). The number of hydrogen-bond acceptors (Lipinski definition) is 3. The molecule has 1 aliphatic rings. The van der Waals surface area contributed by atoms with Crippen molar-refractivity contribution in [3.8, 4) is 5.75 Å². The van der Waals surface area contributed by atoms with Gasteiger partial charge >= 0.3 is 0 Å². The number of aromatic nitrogens is 1. The maximum atomic E-state index is 11.4. The van der Waals surface area contributed by atoms with Crippen LogP contribution >= 0.6 is 0 Å². The molecular formula is C17H20N2O2. The molecule has 1 unspecified atom stereocenters. The first-order chi connectivity index (χ1) is 10.2. The molecule has 0 saturated carbocycles. The van der Waals surface area contributed by atoms with Crippen LogP contribution in [0, 0.1) is 6.92 Å². The lowest BCUT2D eigenvalue weighted by Gasteiger charge is -2.27. The Morgan fingerprint density at radius 3 is 2.90 bits per heavy atom. The average Bonchev–Trinajstić information content (AvgIpc) is 2.49. The third kappa shape index (κ3) is 2.79. The molecule has 0 saturated heterocycles. The number of pyridine rings is 1. The molecule has 0 radical (unpaired) electrons. The maximum absolute atomic E-state index is 11.4. The first kappa shape index (κ1) is 13.7. The Kier molecular flexibility index (Phi) is 3.69. The minimum atomic E-state index is -0.0185. The summed E-state index contributed by atoms with van der Waals surface area (Å²) >= 11 is 0. The van der Waals surface area contributed by atoms with Gasteiger partial charge in [0, 0.05) is 17.4 Å². The van der Waals surface area contributed by atoms with E-state index in [9.17, 15) is 4.79 Å². The van der Waals surface area contributed by atoms with Crippen LogP contribution in [0.1, 0.15) is 35.7 Å². The van der Waals surface area contributed by atoms with Gasteiger partial charge in [-0.15, -0.1) is 0 Å². The Morgan fingerprint density at radius 2 is 2.14 bits per heavy atom. The second-order valence-electron chi connectivity index (χ2n) is 5.53. The van der Waals surface area contributed by atoms with Gasteiger partial charge in [0.05, 0.1) is 13.2 Å². The Labute approximate surface area is 124 Å². The summed E-state index contributed by atoms with van der Waals surface area (Å²) in [7, 11) is 1.68. The van der Waals surface area contributed by atoms with Crippen LogP contribution < -0.4 is 15.6 Å². The summed E-state index contributed by atoms with van der Waals surface area (Å²) in [6, 6.07) is 9.85. The summed E-state index contributed by atoms with van der Waals surface area (Å²) in [5.74, 6) is 0.867. The van der Waals surface area contributed by atoms with Crippen molar-refractivity contribution >= 4 is 5.69 Å². The van der Waals surface area contributed by atoms with E-state index in [1.54, 1.807) is 13.2 Å². The van der Waals surface area contributed by atoms with Gasteiger partial charge in [0.15, 0.2) is 0 Å². The van der Waals surface area contributed by atoms with Crippen LogP contribution in [0.4, 0.5) is 5.69 Å². The molecule has 0 fully saturated rings. The molecule has 1 aromatic heterocycles. The fourth-order valence-electron chi connectivity index (χ4n) is 2.96. The molecule has 1 aromatic carbocycles.